The minimum absolute atomic E-state index is 0.111. The van der Waals surface area contributed by atoms with Gasteiger partial charge in [0.15, 0.2) is 0 Å². The van der Waals surface area contributed by atoms with Gasteiger partial charge in [0.1, 0.15) is 28.6 Å². The van der Waals surface area contributed by atoms with E-state index in [1.165, 1.54) is 14.2 Å². The molecule has 2 aromatic carbocycles. The molecule has 0 fully saturated rings. The highest BCUT2D eigenvalue weighted by molar-refractivity contribution is 5.93. The molecule has 0 unspecified atom stereocenters. The first-order chi connectivity index (χ1) is 11.5. The average Bonchev–Trinajstić information content (AvgIpc) is 2.60. The minimum atomic E-state index is -1.06. The van der Waals surface area contributed by atoms with Gasteiger partial charge in [-0.05, 0) is 35.7 Å². The third kappa shape index (κ3) is 3.71. The summed E-state index contributed by atoms with van der Waals surface area (Å²) in [5.41, 5.74) is 1.54. The van der Waals surface area contributed by atoms with Crippen LogP contribution in [0.25, 0.3) is 0 Å². The van der Waals surface area contributed by atoms with Gasteiger partial charge in [0.2, 0.25) is 0 Å². The second-order valence-electron chi connectivity index (χ2n) is 5.07. The SMILES string of the molecule is COc1cc(Cc2cc(OC)cc(OC)c2C(=O)O)cc(OC)c1. The monoisotopic (exact) mass is 332 g/mol. The van der Waals surface area contributed by atoms with Gasteiger partial charge in [-0.2, -0.15) is 0 Å². The third-order valence-corrected chi connectivity index (χ3v) is 3.63. The summed E-state index contributed by atoms with van der Waals surface area (Å²) in [6.45, 7) is 0. The molecule has 0 atom stereocenters. The van der Waals surface area contributed by atoms with Gasteiger partial charge in [-0.15, -0.1) is 0 Å². The number of hydrogen-bond acceptors (Lipinski definition) is 5. The van der Waals surface area contributed by atoms with E-state index < -0.39 is 5.97 Å². The molecule has 6 nitrogen and oxygen atoms in total. The van der Waals surface area contributed by atoms with Crippen molar-refractivity contribution in [2.75, 3.05) is 28.4 Å². The van der Waals surface area contributed by atoms with Crippen molar-refractivity contribution in [2.24, 2.45) is 0 Å². The van der Waals surface area contributed by atoms with Crippen molar-refractivity contribution in [1.29, 1.82) is 0 Å². The van der Waals surface area contributed by atoms with E-state index in [9.17, 15) is 9.90 Å². The van der Waals surface area contributed by atoms with Crippen molar-refractivity contribution < 1.29 is 28.8 Å². The molecule has 6 heteroatoms. The van der Waals surface area contributed by atoms with Gasteiger partial charge in [-0.3, -0.25) is 0 Å². The zero-order valence-corrected chi connectivity index (χ0v) is 14.1. The van der Waals surface area contributed by atoms with Crippen LogP contribution >= 0.6 is 0 Å². The van der Waals surface area contributed by atoms with Gasteiger partial charge in [-0.1, -0.05) is 0 Å². The highest BCUT2D eigenvalue weighted by Gasteiger charge is 2.19. The van der Waals surface area contributed by atoms with Crippen LogP contribution in [0, 0.1) is 0 Å². The highest BCUT2D eigenvalue weighted by atomic mass is 16.5. The Morgan fingerprint density at radius 2 is 1.38 bits per heavy atom. The van der Waals surface area contributed by atoms with Crippen molar-refractivity contribution in [3.63, 3.8) is 0 Å². The average molecular weight is 332 g/mol. The fraction of sp³-hybridized carbons (Fsp3) is 0.278. The largest absolute Gasteiger partial charge is 0.497 e. The van der Waals surface area contributed by atoms with Crippen LogP contribution in [0.3, 0.4) is 0 Å². The maximum absolute atomic E-state index is 11.7. The lowest BCUT2D eigenvalue weighted by molar-refractivity contribution is 0.0692. The quantitative estimate of drug-likeness (QED) is 0.840. The molecule has 0 amide bonds. The number of carboxylic acids is 1. The minimum Gasteiger partial charge on any atom is -0.497 e. The molecule has 0 heterocycles. The first-order valence-corrected chi connectivity index (χ1v) is 7.22. The summed E-state index contributed by atoms with van der Waals surface area (Å²) in [5, 5.41) is 9.55. The Morgan fingerprint density at radius 3 is 1.83 bits per heavy atom. The Bertz CT molecular complexity index is 716. The first-order valence-electron chi connectivity index (χ1n) is 7.22. The predicted molar refractivity (Wildman–Crippen MR) is 88.9 cm³/mol. The summed E-state index contributed by atoms with van der Waals surface area (Å²) in [6, 6.07) is 8.67. The van der Waals surface area contributed by atoms with Crippen molar-refractivity contribution in [1.82, 2.24) is 0 Å². The van der Waals surface area contributed by atoms with Crippen molar-refractivity contribution in [3.8, 4) is 23.0 Å². The lowest BCUT2D eigenvalue weighted by Gasteiger charge is -2.14. The molecule has 0 aliphatic heterocycles. The number of methoxy groups -OCH3 is 4. The van der Waals surface area contributed by atoms with Gasteiger partial charge >= 0.3 is 5.97 Å². The van der Waals surface area contributed by atoms with Crippen LogP contribution in [0.2, 0.25) is 0 Å². The van der Waals surface area contributed by atoms with Gasteiger partial charge in [0.25, 0.3) is 0 Å². The Labute approximate surface area is 140 Å². The number of ether oxygens (including phenoxy) is 4. The molecule has 0 bridgehead atoms. The topological polar surface area (TPSA) is 74.2 Å². The van der Waals surface area contributed by atoms with Crippen LogP contribution in [0.5, 0.6) is 23.0 Å². The lowest BCUT2D eigenvalue weighted by atomic mass is 9.98. The zero-order valence-electron chi connectivity index (χ0n) is 14.1. The van der Waals surface area contributed by atoms with Crippen LogP contribution in [-0.2, 0) is 6.42 Å². The van der Waals surface area contributed by atoms with E-state index in [0.717, 1.165) is 5.56 Å². The fourth-order valence-corrected chi connectivity index (χ4v) is 2.49. The van der Waals surface area contributed by atoms with Crippen LogP contribution in [-0.4, -0.2) is 39.5 Å². The van der Waals surface area contributed by atoms with Crippen LogP contribution in [0.1, 0.15) is 21.5 Å². The standard InChI is InChI=1S/C18H20O6/c1-21-13-6-11(7-14(9-13)22-2)5-12-8-15(23-3)10-16(24-4)17(12)18(19)20/h6-10H,5H2,1-4H3,(H,19,20). The lowest BCUT2D eigenvalue weighted by Crippen LogP contribution is -2.07. The molecule has 0 saturated heterocycles. The molecule has 2 aromatic rings. The van der Waals surface area contributed by atoms with E-state index in [-0.39, 0.29) is 11.3 Å². The Balaban J connectivity index is 2.54. The summed E-state index contributed by atoms with van der Waals surface area (Å²) in [7, 11) is 6.08. The van der Waals surface area contributed by atoms with Crippen LogP contribution in [0.15, 0.2) is 30.3 Å². The molecular formula is C18H20O6. The van der Waals surface area contributed by atoms with E-state index in [0.29, 0.717) is 29.2 Å². The molecule has 0 aliphatic carbocycles. The zero-order chi connectivity index (χ0) is 17.7. The van der Waals surface area contributed by atoms with E-state index in [1.807, 2.05) is 12.1 Å². The van der Waals surface area contributed by atoms with E-state index in [1.54, 1.807) is 32.4 Å². The number of benzene rings is 2. The van der Waals surface area contributed by atoms with Crippen LogP contribution < -0.4 is 18.9 Å². The van der Waals surface area contributed by atoms with Crippen molar-refractivity contribution in [2.45, 2.75) is 6.42 Å². The summed E-state index contributed by atoms with van der Waals surface area (Å²) in [5.74, 6) is 1.000. The Hall–Kier alpha value is -2.89. The van der Waals surface area contributed by atoms with Gasteiger partial charge in [0.05, 0.1) is 28.4 Å². The van der Waals surface area contributed by atoms with Gasteiger partial charge in [0, 0.05) is 12.1 Å². The molecule has 0 saturated carbocycles. The van der Waals surface area contributed by atoms with Gasteiger partial charge < -0.3 is 24.1 Å². The molecule has 24 heavy (non-hydrogen) atoms. The van der Waals surface area contributed by atoms with Gasteiger partial charge in [-0.25, -0.2) is 4.79 Å². The third-order valence-electron chi connectivity index (χ3n) is 3.63. The molecule has 0 aliphatic rings. The van der Waals surface area contributed by atoms with Crippen molar-refractivity contribution >= 4 is 5.97 Å². The number of aromatic carboxylic acids is 1. The fourth-order valence-electron chi connectivity index (χ4n) is 2.49. The Kier molecular flexibility index (Phi) is 5.52. The second-order valence-corrected chi connectivity index (χ2v) is 5.07. The summed E-state index contributed by atoms with van der Waals surface area (Å²) in [6.07, 6.45) is 0.364. The first kappa shape index (κ1) is 17.5. The molecule has 0 radical (unpaired) electrons. The normalized spacial score (nSPS) is 10.2. The summed E-state index contributed by atoms with van der Waals surface area (Å²) in [4.78, 5) is 11.7. The highest BCUT2D eigenvalue weighted by Crippen LogP contribution is 2.32. The second kappa shape index (κ2) is 7.59. The smallest absolute Gasteiger partial charge is 0.339 e. The number of carboxylic acid groups (broad SMARTS) is 1. The molecule has 1 N–H and O–H groups in total. The van der Waals surface area contributed by atoms with Crippen LogP contribution in [0.4, 0.5) is 0 Å². The van der Waals surface area contributed by atoms with Crippen molar-refractivity contribution in [3.05, 3.63) is 47.0 Å². The van der Waals surface area contributed by atoms with E-state index >= 15 is 0 Å². The molecule has 0 aromatic heterocycles. The maximum atomic E-state index is 11.7. The Morgan fingerprint density at radius 1 is 0.833 bits per heavy atom. The van der Waals surface area contributed by atoms with E-state index in [4.69, 9.17) is 18.9 Å². The number of rotatable bonds is 7. The molecule has 2 rings (SSSR count). The molecular weight excluding hydrogens is 312 g/mol. The summed E-state index contributed by atoms with van der Waals surface area (Å²) >= 11 is 0. The summed E-state index contributed by atoms with van der Waals surface area (Å²) < 4.78 is 21.0. The number of hydrogen-bond donors (Lipinski definition) is 1. The molecule has 0 spiro atoms. The predicted octanol–water partition coefficient (Wildman–Crippen LogP) is 3.01. The number of carbonyl (C=O) groups is 1. The molecule has 128 valence electrons. The van der Waals surface area contributed by atoms with E-state index in [2.05, 4.69) is 0 Å². The maximum Gasteiger partial charge on any atom is 0.339 e.